The Hall–Kier alpha value is -3.30. The third-order valence-corrected chi connectivity index (χ3v) is 9.91. The summed E-state index contributed by atoms with van der Waals surface area (Å²) in [5.74, 6) is -0.387. The van der Waals surface area contributed by atoms with Gasteiger partial charge in [-0.1, -0.05) is 54.6 Å². The van der Waals surface area contributed by atoms with Crippen LogP contribution in [0, 0.1) is 0 Å². The number of ether oxygens (including phenoxy) is 2. The second kappa shape index (κ2) is 11.7. The van der Waals surface area contributed by atoms with Crippen LogP contribution in [0.25, 0.3) is 0 Å². The predicted molar refractivity (Wildman–Crippen MR) is 139 cm³/mol. The molecule has 0 aliphatic carbocycles. The summed E-state index contributed by atoms with van der Waals surface area (Å²) in [5.41, 5.74) is 0.498. The Labute approximate surface area is 201 Å². The molecule has 0 aromatic heterocycles. The lowest BCUT2D eigenvalue weighted by atomic mass is 10.2. The Kier molecular flexibility index (Phi) is 8.21. The van der Waals surface area contributed by atoms with Crippen LogP contribution in [0.2, 0.25) is 0 Å². The first-order chi connectivity index (χ1) is 16.8. The molecule has 0 aliphatic rings. The predicted octanol–water partition coefficient (Wildman–Crippen LogP) is 3.47. The fourth-order valence-electron chi connectivity index (χ4n) is 4.11. The van der Waals surface area contributed by atoms with Gasteiger partial charge in [0, 0.05) is 0 Å². The summed E-state index contributed by atoms with van der Waals surface area (Å²) in [7, 11) is -2.19. The van der Waals surface area contributed by atoms with Crippen molar-refractivity contribution in [3.8, 4) is 0 Å². The third-order valence-electron chi connectivity index (χ3n) is 5.62. The zero-order chi connectivity index (χ0) is 23.6. The van der Waals surface area contributed by atoms with E-state index in [4.69, 9.17) is 14.6 Å². The second-order valence-corrected chi connectivity index (χ2v) is 11.1. The summed E-state index contributed by atoms with van der Waals surface area (Å²) in [6, 6.07) is 39.6. The molecular weight excluding hydrogens is 443 g/mol. The van der Waals surface area contributed by atoms with Crippen LogP contribution >= 0.6 is 7.26 Å². The van der Waals surface area contributed by atoms with E-state index in [1.54, 1.807) is 0 Å². The van der Waals surface area contributed by atoms with E-state index in [9.17, 15) is 4.79 Å². The molecule has 0 amide bonds. The first kappa shape index (κ1) is 23.8. The minimum Gasteiger partial charge on any atom is -0.460 e. The van der Waals surface area contributed by atoms with Crippen LogP contribution in [0.15, 0.2) is 115 Å². The molecule has 0 bridgehead atoms. The summed E-state index contributed by atoms with van der Waals surface area (Å²) in [5, 5.41) is 13.7. The number of hydrogen-bond acceptors (Lipinski definition) is 4. The van der Waals surface area contributed by atoms with Gasteiger partial charge in [0.15, 0.2) is 0 Å². The van der Waals surface area contributed by atoms with Crippen LogP contribution in [-0.2, 0) is 9.47 Å². The highest BCUT2D eigenvalue weighted by atomic mass is 31.2. The van der Waals surface area contributed by atoms with E-state index >= 15 is 0 Å². The van der Waals surface area contributed by atoms with Gasteiger partial charge in [0.1, 0.15) is 35.1 Å². The van der Waals surface area contributed by atoms with Crippen molar-refractivity contribution in [3.05, 3.63) is 121 Å². The fraction of sp³-hybridized carbons (Fsp3) is 0.138. The number of esters is 1. The van der Waals surface area contributed by atoms with Crippen molar-refractivity contribution in [3.63, 3.8) is 0 Å². The van der Waals surface area contributed by atoms with Crippen LogP contribution in [0.3, 0.4) is 0 Å². The molecular formula is C29H28O4P+. The maximum absolute atomic E-state index is 12.5. The topological polar surface area (TPSA) is 55.8 Å². The van der Waals surface area contributed by atoms with Crippen molar-refractivity contribution in [1.29, 1.82) is 0 Å². The van der Waals surface area contributed by atoms with E-state index in [0.29, 0.717) is 5.56 Å². The summed E-state index contributed by atoms with van der Waals surface area (Å²) in [6.07, 6.45) is 0. The van der Waals surface area contributed by atoms with Gasteiger partial charge < -0.3 is 14.6 Å². The summed E-state index contributed by atoms with van der Waals surface area (Å²) in [4.78, 5) is 12.5. The standard InChI is InChI=1S/C29H28O4P/c30-20-21-32-22-23-33-29(31)24-16-18-28(19-17-24)34(25-10-4-1-5-11-25,26-12-6-2-7-13-26)27-14-8-3-9-15-27/h1-19,30H,20-23H2/q+1. The highest BCUT2D eigenvalue weighted by molar-refractivity contribution is 8.01. The highest BCUT2D eigenvalue weighted by Crippen LogP contribution is 2.54. The molecule has 0 atom stereocenters. The molecule has 4 rings (SSSR count). The van der Waals surface area contributed by atoms with Crippen molar-refractivity contribution >= 4 is 34.4 Å². The van der Waals surface area contributed by atoms with Crippen LogP contribution in [-0.4, -0.2) is 37.5 Å². The molecule has 4 aromatic rings. The minimum absolute atomic E-state index is 0.0511. The number of benzene rings is 4. The minimum atomic E-state index is -2.19. The molecule has 5 heteroatoms. The van der Waals surface area contributed by atoms with E-state index < -0.39 is 7.26 Å². The van der Waals surface area contributed by atoms with Gasteiger partial charge in [-0.2, -0.15) is 0 Å². The number of carbonyl (C=O) groups excluding carboxylic acids is 1. The van der Waals surface area contributed by atoms with Gasteiger partial charge in [-0.3, -0.25) is 0 Å². The maximum Gasteiger partial charge on any atom is 0.338 e. The Bertz CT molecular complexity index is 1070. The number of rotatable bonds is 10. The third kappa shape index (κ3) is 5.10. The number of hydrogen-bond donors (Lipinski definition) is 1. The smallest absolute Gasteiger partial charge is 0.338 e. The summed E-state index contributed by atoms with van der Waals surface area (Å²) < 4.78 is 10.5. The van der Waals surface area contributed by atoms with Gasteiger partial charge in [0.25, 0.3) is 0 Å². The van der Waals surface area contributed by atoms with Crippen LogP contribution in [0.1, 0.15) is 10.4 Å². The molecule has 34 heavy (non-hydrogen) atoms. The Morgan fingerprint density at radius 2 is 1.03 bits per heavy atom. The van der Waals surface area contributed by atoms with Crippen LogP contribution in [0.5, 0.6) is 0 Å². The van der Waals surface area contributed by atoms with Crippen molar-refractivity contribution in [2.24, 2.45) is 0 Å². The van der Waals surface area contributed by atoms with Crippen LogP contribution in [0.4, 0.5) is 0 Å². The summed E-state index contributed by atoms with van der Waals surface area (Å²) in [6.45, 7) is 0.589. The average Bonchev–Trinajstić information content (AvgIpc) is 2.91. The lowest BCUT2D eigenvalue weighted by Crippen LogP contribution is -2.38. The maximum atomic E-state index is 12.5. The number of carbonyl (C=O) groups is 1. The molecule has 4 nitrogen and oxygen atoms in total. The van der Waals surface area contributed by atoms with Crippen molar-refractivity contribution in [1.82, 2.24) is 0 Å². The SMILES string of the molecule is O=C(OCCOCCO)c1ccc([P+](c2ccccc2)(c2ccccc2)c2ccccc2)cc1. The molecule has 1 N–H and O–H groups in total. The zero-order valence-corrected chi connectivity index (χ0v) is 19.8. The molecule has 0 aliphatic heterocycles. The van der Waals surface area contributed by atoms with E-state index in [1.165, 1.54) is 21.2 Å². The molecule has 0 spiro atoms. The molecule has 4 aromatic carbocycles. The molecule has 0 fully saturated rings. The Morgan fingerprint density at radius 1 is 0.588 bits per heavy atom. The molecule has 0 unspecified atom stereocenters. The van der Waals surface area contributed by atoms with Gasteiger partial charge in [-0.15, -0.1) is 0 Å². The van der Waals surface area contributed by atoms with Gasteiger partial charge in [0.2, 0.25) is 0 Å². The lowest BCUT2D eigenvalue weighted by molar-refractivity contribution is 0.0258. The monoisotopic (exact) mass is 471 g/mol. The molecule has 0 radical (unpaired) electrons. The molecule has 0 saturated carbocycles. The quantitative estimate of drug-likeness (QED) is 0.219. The van der Waals surface area contributed by atoms with Crippen molar-refractivity contribution in [2.75, 3.05) is 26.4 Å². The van der Waals surface area contributed by atoms with E-state index in [1.807, 2.05) is 30.3 Å². The lowest BCUT2D eigenvalue weighted by Gasteiger charge is -2.27. The van der Waals surface area contributed by atoms with E-state index in [0.717, 1.165) is 0 Å². The first-order valence-electron chi connectivity index (χ1n) is 11.3. The van der Waals surface area contributed by atoms with E-state index in [2.05, 4.69) is 84.9 Å². The summed E-state index contributed by atoms with van der Waals surface area (Å²) >= 11 is 0. The van der Waals surface area contributed by atoms with Gasteiger partial charge in [-0.25, -0.2) is 4.79 Å². The van der Waals surface area contributed by atoms with Gasteiger partial charge in [-0.05, 0) is 60.7 Å². The highest BCUT2D eigenvalue weighted by Gasteiger charge is 2.47. The molecule has 0 heterocycles. The zero-order valence-electron chi connectivity index (χ0n) is 18.9. The Morgan fingerprint density at radius 3 is 1.47 bits per heavy atom. The van der Waals surface area contributed by atoms with Crippen molar-refractivity contribution in [2.45, 2.75) is 0 Å². The first-order valence-corrected chi connectivity index (χ1v) is 13.1. The molecule has 172 valence electrons. The van der Waals surface area contributed by atoms with Gasteiger partial charge >= 0.3 is 5.97 Å². The van der Waals surface area contributed by atoms with Crippen molar-refractivity contribution < 1.29 is 19.4 Å². The largest absolute Gasteiger partial charge is 0.460 e. The number of aliphatic hydroxyl groups excluding tert-OH is 1. The average molecular weight is 472 g/mol. The fourth-order valence-corrected chi connectivity index (χ4v) is 8.36. The molecule has 0 saturated heterocycles. The van der Waals surface area contributed by atoms with Crippen LogP contribution < -0.4 is 21.2 Å². The second-order valence-electron chi connectivity index (χ2n) is 7.70. The Balaban J connectivity index is 1.75. The van der Waals surface area contributed by atoms with E-state index in [-0.39, 0.29) is 32.4 Å². The number of aliphatic hydroxyl groups is 1. The normalized spacial score (nSPS) is 11.2. The van der Waals surface area contributed by atoms with Gasteiger partial charge in [0.05, 0.1) is 25.4 Å².